The van der Waals surface area contributed by atoms with Gasteiger partial charge in [0.15, 0.2) is 0 Å². The van der Waals surface area contributed by atoms with Crippen molar-refractivity contribution in [3.8, 4) is 0 Å². The summed E-state index contributed by atoms with van der Waals surface area (Å²) in [5, 5.41) is 0.351. The largest absolute Gasteiger partial charge is 0.416 e. The van der Waals surface area contributed by atoms with Gasteiger partial charge in [-0.05, 0) is 58.7 Å². The van der Waals surface area contributed by atoms with Crippen LogP contribution in [0.4, 0.5) is 18.9 Å². The Labute approximate surface area is 175 Å². The Bertz CT molecular complexity index is 1070. The first kappa shape index (κ1) is 20.3. The van der Waals surface area contributed by atoms with E-state index in [2.05, 4.69) is 10.4 Å². The second-order valence-corrected chi connectivity index (χ2v) is 8.36. The van der Waals surface area contributed by atoms with Crippen molar-refractivity contribution in [2.75, 3.05) is 11.2 Å². The minimum atomic E-state index is -4.55. The summed E-state index contributed by atoms with van der Waals surface area (Å²) in [7, 11) is 0. The second-order valence-electron chi connectivity index (χ2n) is 5.46. The highest BCUT2D eigenvalue weighted by atomic mass is 127. The first-order valence-corrected chi connectivity index (χ1v) is 10.1. The molecular weight excluding hydrogens is 514 g/mol. The number of alkyl halides is 3. The fourth-order valence-electron chi connectivity index (χ4n) is 2.43. The lowest BCUT2D eigenvalue weighted by molar-refractivity contribution is -0.137. The maximum absolute atomic E-state index is 13.1. The van der Waals surface area contributed by atoms with E-state index in [0.717, 1.165) is 27.5 Å². The lowest BCUT2D eigenvalue weighted by Crippen LogP contribution is -2.27. The van der Waals surface area contributed by atoms with E-state index in [4.69, 9.17) is 11.6 Å². The summed E-state index contributed by atoms with van der Waals surface area (Å²) >= 11 is 9.32. The molecule has 0 unspecified atom stereocenters. The molecule has 27 heavy (non-hydrogen) atoms. The number of nitrogens with one attached hydrogen (secondary N) is 1. The van der Waals surface area contributed by atoms with Gasteiger partial charge in [-0.1, -0.05) is 18.5 Å². The van der Waals surface area contributed by atoms with Crippen LogP contribution in [0, 0.1) is 3.57 Å². The highest BCUT2D eigenvalue weighted by Gasteiger charge is 2.31. The summed E-state index contributed by atoms with van der Waals surface area (Å²) < 4.78 is 40.6. The predicted molar refractivity (Wildman–Crippen MR) is 111 cm³/mol. The molecule has 0 radical (unpaired) electrons. The van der Waals surface area contributed by atoms with Gasteiger partial charge in [0.1, 0.15) is 6.33 Å². The predicted octanol–water partition coefficient (Wildman–Crippen LogP) is 5.66. The van der Waals surface area contributed by atoms with Gasteiger partial charge in [0.05, 0.1) is 22.2 Å². The van der Waals surface area contributed by atoms with Gasteiger partial charge in [0.25, 0.3) is 5.56 Å². The molecule has 0 bridgehead atoms. The number of anilines is 1. The van der Waals surface area contributed by atoms with Crippen LogP contribution in [0.2, 0.25) is 5.02 Å². The summed E-state index contributed by atoms with van der Waals surface area (Å²) in [6.45, 7) is 1.98. The summed E-state index contributed by atoms with van der Waals surface area (Å²) in [5.74, 6) is 0.800. The van der Waals surface area contributed by atoms with Crippen LogP contribution in [-0.4, -0.2) is 15.4 Å². The van der Waals surface area contributed by atoms with E-state index in [1.54, 1.807) is 46.5 Å². The van der Waals surface area contributed by atoms with Gasteiger partial charge in [-0.15, -0.1) is 11.8 Å². The molecule has 1 aromatic heterocycles. The van der Waals surface area contributed by atoms with Crippen LogP contribution in [-0.2, 0) is 6.18 Å². The van der Waals surface area contributed by atoms with Crippen molar-refractivity contribution in [1.82, 2.24) is 9.66 Å². The zero-order chi connectivity index (χ0) is 19.8. The Morgan fingerprint density at radius 1 is 1.30 bits per heavy atom. The minimum absolute atomic E-state index is 0.115. The van der Waals surface area contributed by atoms with Crippen molar-refractivity contribution in [3.05, 3.63) is 61.2 Å². The fourth-order valence-corrected chi connectivity index (χ4v) is 4.11. The van der Waals surface area contributed by atoms with Gasteiger partial charge in [-0.25, -0.2) is 9.66 Å². The van der Waals surface area contributed by atoms with E-state index in [-0.39, 0.29) is 14.5 Å². The van der Waals surface area contributed by atoms with E-state index in [9.17, 15) is 18.0 Å². The van der Waals surface area contributed by atoms with Crippen LogP contribution in [0.15, 0.2) is 46.3 Å². The highest BCUT2D eigenvalue weighted by molar-refractivity contribution is 14.1. The minimum Gasteiger partial charge on any atom is -0.289 e. The number of thioether (sulfide) groups is 1. The third kappa shape index (κ3) is 4.35. The van der Waals surface area contributed by atoms with Gasteiger partial charge in [0.2, 0.25) is 0 Å². The van der Waals surface area contributed by atoms with Crippen molar-refractivity contribution in [1.29, 1.82) is 0 Å². The smallest absolute Gasteiger partial charge is 0.289 e. The molecule has 3 rings (SSSR count). The molecule has 10 heteroatoms. The topological polar surface area (TPSA) is 46.9 Å². The Hall–Kier alpha value is -1.46. The average Bonchev–Trinajstić information content (AvgIpc) is 2.59. The lowest BCUT2D eigenvalue weighted by Gasteiger charge is -2.15. The molecule has 3 aromatic rings. The van der Waals surface area contributed by atoms with Crippen molar-refractivity contribution in [2.45, 2.75) is 18.0 Å². The summed E-state index contributed by atoms with van der Waals surface area (Å²) in [4.78, 5) is 17.8. The third-order valence-corrected chi connectivity index (χ3v) is 5.64. The summed E-state index contributed by atoms with van der Waals surface area (Å²) in [6, 6.07) is 6.98. The molecule has 0 atom stereocenters. The molecule has 1 N–H and O–H groups in total. The van der Waals surface area contributed by atoms with Crippen LogP contribution in [0.25, 0.3) is 10.9 Å². The molecule has 0 aliphatic rings. The molecule has 1 heterocycles. The maximum atomic E-state index is 13.1. The van der Waals surface area contributed by atoms with Gasteiger partial charge < -0.3 is 0 Å². The number of rotatable bonds is 4. The van der Waals surface area contributed by atoms with Crippen molar-refractivity contribution < 1.29 is 13.2 Å². The van der Waals surface area contributed by atoms with Crippen molar-refractivity contribution in [2.24, 2.45) is 0 Å². The van der Waals surface area contributed by atoms with E-state index in [1.807, 2.05) is 13.0 Å². The molecule has 4 nitrogen and oxygen atoms in total. The van der Waals surface area contributed by atoms with Gasteiger partial charge >= 0.3 is 6.18 Å². The lowest BCUT2D eigenvalue weighted by atomic mass is 10.1. The second kappa shape index (κ2) is 7.88. The molecule has 0 saturated heterocycles. The van der Waals surface area contributed by atoms with E-state index in [0.29, 0.717) is 10.7 Å². The third-order valence-electron chi connectivity index (χ3n) is 3.62. The average molecular weight is 526 g/mol. The van der Waals surface area contributed by atoms with Crippen LogP contribution >= 0.6 is 46.0 Å². The Morgan fingerprint density at radius 2 is 2.04 bits per heavy atom. The molecule has 142 valence electrons. The Morgan fingerprint density at radius 3 is 2.70 bits per heavy atom. The molecular formula is C17H12ClF3IN3OS. The van der Waals surface area contributed by atoms with Crippen molar-refractivity contribution in [3.63, 3.8) is 0 Å². The van der Waals surface area contributed by atoms with Crippen LogP contribution < -0.4 is 11.0 Å². The van der Waals surface area contributed by atoms with Crippen LogP contribution in [0.5, 0.6) is 0 Å². The van der Waals surface area contributed by atoms with Gasteiger partial charge in [-0.3, -0.25) is 10.2 Å². The first-order valence-electron chi connectivity index (χ1n) is 7.68. The van der Waals surface area contributed by atoms with Crippen molar-refractivity contribution >= 4 is 62.5 Å². The number of nitrogens with zero attached hydrogens (tertiary/aromatic N) is 2. The number of benzene rings is 2. The number of hydrogen-bond donors (Lipinski definition) is 1. The zero-order valence-electron chi connectivity index (χ0n) is 13.8. The molecule has 2 aromatic carbocycles. The normalized spacial score (nSPS) is 11.8. The Kier molecular flexibility index (Phi) is 5.92. The Balaban J connectivity index is 2.13. The molecule has 0 aliphatic carbocycles. The number of halogens is 5. The molecule has 0 saturated carbocycles. The number of fused-ring (bicyclic) bond motifs is 1. The fraction of sp³-hybridized carbons (Fsp3) is 0.176. The molecule has 0 amide bonds. The summed E-state index contributed by atoms with van der Waals surface area (Å²) in [5.41, 5.74) is 2.16. The summed E-state index contributed by atoms with van der Waals surface area (Å²) in [6.07, 6.45) is -3.30. The maximum Gasteiger partial charge on any atom is 0.416 e. The monoisotopic (exact) mass is 525 g/mol. The zero-order valence-corrected chi connectivity index (χ0v) is 17.5. The van der Waals surface area contributed by atoms with E-state index >= 15 is 0 Å². The standard InChI is InChI=1S/C17H12ClF3IN3OS/c1-2-27-14-4-3-10(18)7-13(14)24-25-8-23-15-11(16(25)26)5-9(6-12(15)22)17(19,20)21/h3-8,24H,2H2,1H3. The van der Waals surface area contributed by atoms with Gasteiger partial charge in [-0.2, -0.15) is 13.2 Å². The SMILES string of the molecule is CCSc1ccc(Cl)cc1Nn1cnc2c(I)cc(C(F)(F)F)cc2c1=O. The molecule has 0 spiro atoms. The number of aromatic nitrogens is 2. The van der Waals surface area contributed by atoms with E-state index in [1.165, 1.54) is 6.33 Å². The molecule has 0 aliphatic heterocycles. The first-order chi connectivity index (χ1) is 12.7. The van der Waals surface area contributed by atoms with Gasteiger partial charge in [0, 0.05) is 13.5 Å². The quantitative estimate of drug-likeness (QED) is 0.353. The number of hydrogen-bond acceptors (Lipinski definition) is 4. The van der Waals surface area contributed by atoms with Crippen LogP contribution in [0.3, 0.4) is 0 Å². The van der Waals surface area contributed by atoms with E-state index < -0.39 is 17.3 Å². The van der Waals surface area contributed by atoms with Crippen LogP contribution in [0.1, 0.15) is 12.5 Å². The molecule has 0 fully saturated rings. The highest BCUT2D eigenvalue weighted by Crippen LogP contribution is 2.33.